The molecule has 0 bridgehead atoms. The van der Waals surface area contributed by atoms with Crippen molar-refractivity contribution in [2.75, 3.05) is 46.9 Å². The third kappa shape index (κ3) is 50.9. The number of ketones is 2. The molecule has 0 aromatic carbocycles. The molecule has 13 aliphatic rings. The molecule has 574 valence electrons. The van der Waals surface area contributed by atoms with E-state index in [0.717, 1.165) is 106 Å². The molecule has 105 heavy (non-hydrogen) atoms. The van der Waals surface area contributed by atoms with Crippen LogP contribution in [0, 0.1) is 5.92 Å². The van der Waals surface area contributed by atoms with Crippen molar-refractivity contribution >= 4 is 247 Å². The van der Waals surface area contributed by atoms with E-state index in [1.54, 1.807) is 43.0 Å². The number of esters is 1. The summed E-state index contributed by atoms with van der Waals surface area (Å²) in [7, 11) is 0. The Morgan fingerprint density at radius 2 is 1.16 bits per heavy atom. The van der Waals surface area contributed by atoms with Gasteiger partial charge in [0.1, 0.15) is 17.5 Å². The lowest BCUT2D eigenvalue weighted by molar-refractivity contribution is -0.150. The molecule has 0 radical (unpaired) electrons. The fourth-order valence-electron chi connectivity index (χ4n) is 8.10. The fraction of sp³-hybridized carbons (Fsp3) is 0.472. The van der Waals surface area contributed by atoms with Crippen LogP contribution in [0.25, 0.3) is 0 Å². The molecule has 20 nitrogen and oxygen atoms in total. The van der Waals surface area contributed by atoms with Gasteiger partial charge in [-0.15, -0.1) is 0 Å². The second kappa shape index (κ2) is 57.7. The number of unbranched alkanes of at least 4 members (excludes halogenated alkanes) is 2. The molecule has 1 N–H and O–H groups in total. The third-order valence-electron chi connectivity index (χ3n) is 13.2. The minimum absolute atomic E-state index is 0.0150. The molecule has 0 aromatic rings. The molecule has 13 aliphatic heterocycles. The number of carbonyl (C=O) groups is 18. The van der Waals surface area contributed by atoms with Gasteiger partial charge in [0.2, 0.25) is 56.3 Å². The van der Waals surface area contributed by atoms with Gasteiger partial charge in [-0.25, -0.2) is 0 Å². The van der Waals surface area contributed by atoms with Crippen LogP contribution in [0.5, 0.6) is 0 Å². The highest BCUT2D eigenvalue weighted by atomic mass is 32.2. The minimum Gasteiger partial charge on any atom is -0.504 e. The largest absolute Gasteiger partial charge is 0.504 e. The second-order valence-corrected chi connectivity index (χ2v) is 37.7. The quantitative estimate of drug-likeness (QED) is 0.141. The third-order valence-corrected chi connectivity index (χ3v) is 24.8. The number of aliphatic hydroxyl groups excluding tert-OH is 1. The van der Waals surface area contributed by atoms with Gasteiger partial charge in [0.25, 0.3) is 5.12 Å². The van der Waals surface area contributed by atoms with Gasteiger partial charge in [-0.2, -0.15) is 0 Å². The van der Waals surface area contributed by atoms with Gasteiger partial charge in [-0.05, 0) is 176 Å². The van der Waals surface area contributed by atoms with Crippen molar-refractivity contribution < 1.29 is 96.1 Å². The molecular formula is C72H88O20S13. The Morgan fingerprint density at radius 3 is 1.46 bits per heavy atom. The highest BCUT2D eigenvalue weighted by Crippen LogP contribution is 2.35. The van der Waals surface area contributed by atoms with Crippen LogP contribution in [0.15, 0.2) is 119 Å². The normalized spacial score (nSPS) is 21.8. The molecular weight excluding hydrogens is 1600 g/mol. The topological polar surface area (TPSA) is 337 Å². The Kier molecular flexibility index (Phi) is 54.2. The average Bonchev–Trinajstić information content (AvgIpc) is 1.68. The van der Waals surface area contributed by atoms with Gasteiger partial charge in [-0.1, -0.05) is 187 Å². The Hall–Kier alpha value is -4.39. The predicted molar refractivity (Wildman–Crippen MR) is 442 cm³/mol. The monoisotopic (exact) mass is 1690 g/mol. The number of rotatable bonds is 7. The smallest absolute Gasteiger partial charge is 0.317 e. The molecule has 4 fully saturated rings. The zero-order valence-corrected chi connectivity index (χ0v) is 70.2. The molecule has 4 saturated heterocycles. The van der Waals surface area contributed by atoms with Crippen molar-refractivity contribution in [1.29, 1.82) is 0 Å². The van der Waals surface area contributed by atoms with Crippen LogP contribution in [0.1, 0.15) is 145 Å². The lowest BCUT2D eigenvalue weighted by Gasteiger charge is -2.25. The van der Waals surface area contributed by atoms with E-state index in [9.17, 15) is 86.3 Å². The van der Waals surface area contributed by atoms with Gasteiger partial charge in [0, 0.05) is 90.8 Å². The van der Waals surface area contributed by atoms with E-state index >= 15 is 0 Å². The van der Waals surface area contributed by atoms with Crippen LogP contribution in [0.4, 0.5) is 0 Å². The number of carbonyl (C=O) groups excluding carboxylic acids is 18. The number of hydrogen-bond acceptors (Lipinski definition) is 33. The van der Waals surface area contributed by atoms with Crippen molar-refractivity contribution in [3.05, 3.63) is 119 Å². The summed E-state index contributed by atoms with van der Waals surface area (Å²) in [6, 6.07) is 0. The first-order valence-electron chi connectivity index (χ1n) is 32.9. The highest BCUT2D eigenvalue weighted by molar-refractivity contribution is 8.27. The predicted octanol–water partition coefficient (Wildman–Crippen LogP) is 15.3. The van der Waals surface area contributed by atoms with E-state index in [1.807, 2.05) is 65.8 Å². The molecule has 0 spiro atoms. The number of thioether (sulfide) groups is 13. The first kappa shape index (κ1) is 98.6. The van der Waals surface area contributed by atoms with Crippen molar-refractivity contribution in [3.63, 3.8) is 0 Å². The highest BCUT2D eigenvalue weighted by Gasteiger charge is 2.33. The number of hydrogen-bond donors (Lipinski definition) is 1. The fourth-order valence-corrected chi connectivity index (χ4v) is 17.8. The summed E-state index contributed by atoms with van der Waals surface area (Å²) >= 11 is 16.0. The molecule has 3 atom stereocenters. The Morgan fingerprint density at radius 1 is 0.562 bits per heavy atom. The van der Waals surface area contributed by atoms with Crippen molar-refractivity contribution in [2.24, 2.45) is 5.92 Å². The van der Waals surface area contributed by atoms with Crippen LogP contribution in [0.2, 0.25) is 0 Å². The Balaban J connectivity index is 0.000000572. The van der Waals surface area contributed by atoms with Crippen LogP contribution in [0.3, 0.4) is 0 Å². The van der Waals surface area contributed by atoms with E-state index < -0.39 is 5.92 Å². The van der Waals surface area contributed by atoms with Crippen molar-refractivity contribution in [3.8, 4) is 0 Å². The summed E-state index contributed by atoms with van der Waals surface area (Å²) in [4.78, 5) is 190. The second-order valence-electron chi connectivity index (χ2n) is 22.8. The first-order valence-corrected chi connectivity index (χ1v) is 44.8. The van der Waals surface area contributed by atoms with Crippen LogP contribution < -0.4 is 0 Å². The first-order chi connectivity index (χ1) is 49.6. The molecule has 33 heteroatoms. The van der Waals surface area contributed by atoms with E-state index in [2.05, 4.69) is 13.5 Å². The maximum absolute atomic E-state index is 11.2. The molecule has 0 aliphatic carbocycles. The van der Waals surface area contributed by atoms with Gasteiger partial charge in [0.05, 0.1) is 19.4 Å². The van der Waals surface area contributed by atoms with E-state index in [1.165, 1.54) is 180 Å². The molecule has 13 heterocycles. The average molecular weight is 1690 g/mol. The SMILES string of the molecule is C=C1C=CC(=O)S1.CC1(C)CC(=O)CC(=O)S1.CC1=CC(=O)SC1.CC1=CCSC1=O.CC1C=CC(=O)S1.CCC1=CCSC1=O.CCCCCC1CCCC(=O)S1.CCOC(=O)C1CCCSC1=O.O=C1C=CC(=O)S1.O=C1C=CC(=O)S1.O=C1C=CCS1.O=C1CCSC(=O)C1.O=C1SCC=C1O. The van der Waals surface area contributed by atoms with Gasteiger partial charge < -0.3 is 9.84 Å². The summed E-state index contributed by atoms with van der Waals surface area (Å²) in [6.45, 7) is 19.6. The molecule has 0 amide bonds. The molecule has 13 rings (SSSR count). The summed E-state index contributed by atoms with van der Waals surface area (Å²) in [5.41, 5.74) is 3.09. The summed E-state index contributed by atoms with van der Waals surface area (Å²) < 4.78 is 4.62. The minimum atomic E-state index is -0.497. The van der Waals surface area contributed by atoms with Gasteiger partial charge in [-0.3, -0.25) is 86.3 Å². The lowest BCUT2D eigenvalue weighted by Crippen LogP contribution is -2.28. The maximum atomic E-state index is 11.2. The number of aliphatic hydroxyl groups is 1. The number of ether oxygens (including phenoxy) is 1. The Bertz CT molecular complexity index is 3260. The zero-order chi connectivity index (χ0) is 78.9. The summed E-state index contributed by atoms with van der Waals surface area (Å²) in [5, 5.41) is 10.3. The molecule has 3 unspecified atom stereocenters. The van der Waals surface area contributed by atoms with Crippen LogP contribution in [-0.4, -0.2) is 161 Å². The van der Waals surface area contributed by atoms with E-state index in [4.69, 9.17) is 9.84 Å². The number of Topliss-reactive ketones (excluding diaryl/α,β-unsaturated/α-hetero) is 2. The molecule has 0 saturated carbocycles. The zero-order valence-electron chi connectivity index (χ0n) is 59.6. The van der Waals surface area contributed by atoms with E-state index in [-0.39, 0.29) is 112 Å². The molecule has 0 aromatic heterocycles. The van der Waals surface area contributed by atoms with Crippen LogP contribution >= 0.6 is 153 Å². The van der Waals surface area contributed by atoms with Gasteiger partial charge in [0.15, 0.2) is 21.1 Å². The van der Waals surface area contributed by atoms with Crippen molar-refractivity contribution in [2.45, 2.75) is 161 Å². The van der Waals surface area contributed by atoms with Crippen molar-refractivity contribution in [1.82, 2.24) is 0 Å². The maximum Gasteiger partial charge on any atom is 0.317 e. The van der Waals surface area contributed by atoms with Gasteiger partial charge >= 0.3 is 5.97 Å². The lowest BCUT2D eigenvalue weighted by atomic mass is 10.0. The number of allylic oxidation sites excluding steroid dienone is 1. The van der Waals surface area contributed by atoms with E-state index in [0.29, 0.717) is 53.0 Å². The summed E-state index contributed by atoms with van der Waals surface area (Å²) in [5.74, 6) is 4.94. The van der Waals surface area contributed by atoms with Crippen LogP contribution in [-0.2, 0) is 91.0 Å². The summed E-state index contributed by atoms with van der Waals surface area (Å²) in [6.07, 6.45) is 34.7. The standard InChI is InChI=1S/C10H18OS.C8H12O3S.C7H10O2S.C6H8OS.C5H6O2S.3C5H6OS.C5H4OS.C4H4O2S.2C4H2O2S.C4H4OS/c1-2-3-4-6-9-7-5-8-10(11)12-9;1-2-11-7(9)6-4-3-5-12-8(6)10;1-7(2)4-5(8)3-6(9)10-7;1-2-5-3-4-8-6(5)7;6-4-1-2-8-5(7)3-4;1-4-2-5(6)7-3-4;1-4-2-3-7-5(4)6;2*1-4-2-3-5(6)7-4;5-3-1-2-7-4(3)6;2*5-3-1-2-4(6)7-3;5-4-2-1-3-6-4/h9H,2-8H2,1H3;6H,2-5H2,1H3;3-4H2,1-2H3;3H,2,4H2,1H3;1-3H2;2*2H,3H2,1H3;2-4H,1H3;2-3H,1H2;1,5H,2H2;2*1-2H;1-2H,3H2. The Labute approximate surface area is 669 Å².